The highest BCUT2D eigenvalue weighted by Crippen LogP contribution is 2.36. The van der Waals surface area contributed by atoms with Crippen LogP contribution in [0.5, 0.6) is 0 Å². The van der Waals surface area contributed by atoms with Gasteiger partial charge in [-0.25, -0.2) is 4.98 Å². The number of nitrogens with one attached hydrogen (secondary N) is 1. The van der Waals surface area contributed by atoms with E-state index < -0.39 is 16.1 Å². The summed E-state index contributed by atoms with van der Waals surface area (Å²) < 4.78 is 1.41. The van der Waals surface area contributed by atoms with Crippen LogP contribution in [-0.2, 0) is 11.8 Å². The minimum Gasteiger partial charge on any atom is -0.325 e. The third-order valence-corrected chi connectivity index (χ3v) is 6.53. The monoisotopic (exact) mass is 480 g/mol. The maximum atomic E-state index is 13.3. The Balaban J connectivity index is 1.71. The summed E-state index contributed by atoms with van der Waals surface area (Å²) >= 11 is 6.99. The molecule has 0 aliphatic carbocycles. The molecular formula is C23H17ClN4O4S. The Morgan fingerprint density at radius 2 is 1.82 bits per heavy atom. The number of carbonyl (C=O) groups excluding carboxylic acids is 1. The highest BCUT2D eigenvalue weighted by molar-refractivity contribution is 8.00. The summed E-state index contributed by atoms with van der Waals surface area (Å²) in [5.41, 5.74) is 0.924. The van der Waals surface area contributed by atoms with Crippen LogP contribution in [0.3, 0.4) is 0 Å². The molecule has 0 aliphatic heterocycles. The lowest BCUT2D eigenvalue weighted by molar-refractivity contribution is -0.384. The van der Waals surface area contributed by atoms with Crippen molar-refractivity contribution >= 4 is 51.5 Å². The first kappa shape index (κ1) is 22.5. The zero-order chi connectivity index (χ0) is 23.5. The Labute approximate surface area is 197 Å². The number of hydrogen-bond donors (Lipinski definition) is 1. The van der Waals surface area contributed by atoms with Crippen molar-refractivity contribution in [1.29, 1.82) is 0 Å². The van der Waals surface area contributed by atoms with Gasteiger partial charge in [0, 0.05) is 18.8 Å². The molecule has 33 heavy (non-hydrogen) atoms. The lowest BCUT2D eigenvalue weighted by Gasteiger charge is -2.18. The largest absolute Gasteiger partial charge is 0.325 e. The summed E-state index contributed by atoms with van der Waals surface area (Å²) in [6.07, 6.45) is 0. The first-order valence-corrected chi connectivity index (χ1v) is 11.0. The molecule has 8 nitrogen and oxygen atoms in total. The Morgan fingerprint density at radius 1 is 1.12 bits per heavy atom. The number of nitro benzene ring substituents is 1. The molecule has 1 N–H and O–H groups in total. The van der Waals surface area contributed by atoms with E-state index in [1.807, 2.05) is 6.07 Å². The van der Waals surface area contributed by atoms with E-state index in [2.05, 4.69) is 10.3 Å². The van der Waals surface area contributed by atoms with E-state index >= 15 is 0 Å². The van der Waals surface area contributed by atoms with Crippen LogP contribution in [0.4, 0.5) is 11.4 Å². The van der Waals surface area contributed by atoms with E-state index in [0.717, 1.165) is 11.8 Å². The molecule has 1 unspecified atom stereocenters. The number of hydrogen-bond acceptors (Lipinski definition) is 6. The molecule has 0 saturated carbocycles. The molecule has 0 fully saturated rings. The smallest absolute Gasteiger partial charge is 0.289 e. The highest BCUT2D eigenvalue weighted by atomic mass is 35.5. The van der Waals surface area contributed by atoms with Gasteiger partial charge >= 0.3 is 0 Å². The molecule has 1 aromatic heterocycles. The van der Waals surface area contributed by atoms with Gasteiger partial charge in [0.05, 0.1) is 15.8 Å². The summed E-state index contributed by atoms with van der Waals surface area (Å²) in [6.45, 7) is 0. The third-order valence-electron chi connectivity index (χ3n) is 4.92. The fourth-order valence-electron chi connectivity index (χ4n) is 3.25. The van der Waals surface area contributed by atoms with Gasteiger partial charge in [-0.05, 0) is 29.8 Å². The Bertz CT molecular complexity index is 1430. The van der Waals surface area contributed by atoms with E-state index in [1.54, 1.807) is 55.6 Å². The first-order chi connectivity index (χ1) is 15.8. The van der Waals surface area contributed by atoms with E-state index in [9.17, 15) is 19.7 Å². The molecule has 0 bridgehead atoms. The van der Waals surface area contributed by atoms with Crippen LogP contribution in [-0.4, -0.2) is 20.4 Å². The fraction of sp³-hybridized carbons (Fsp3) is 0.0870. The number of nitrogens with zero attached hydrogens (tertiary/aromatic N) is 3. The second-order valence-electron chi connectivity index (χ2n) is 7.10. The molecule has 3 aromatic carbocycles. The number of halogens is 1. The summed E-state index contributed by atoms with van der Waals surface area (Å²) in [7, 11) is 1.60. The zero-order valence-corrected chi connectivity index (χ0v) is 18.8. The highest BCUT2D eigenvalue weighted by Gasteiger charge is 2.25. The lowest BCUT2D eigenvalue weighted by atomic mass is 10.1. The van der Waals surface area contributed by atoms with Crippen LogP contribution >= 0.6 is 23.4 Å². The number of thioether (sulfide) groups is 1. The number of fused-ring (bicyclic) bond motifs is 1. The molecule has 166 valence electrons. The SMILES string of the molecule is Cn1c(SC(C(=O)Nc2ccc(Cl)c([N+](=O)[O-])c2)c2ccccc2)nc2ccccc2c1=O. The van der Waals surface area contributed by atoms with Crippen molar-refractivity contribution in [3.05, 3.63) is 104 Å². The standard InChI is InChI=1S/C23H17ClN4O4S/c1-27-22(30)16-9-5-6-10-18(16)26-23(27)33-20(14-7-3-2-4-8-14)21(29)25-15-11-12-17(24)19(13-15)28(31)32/h2-13,20H,1H3,(H,25,29). The number of para-hydroxylation sites is 1. The molecule has 1 amide bonds. The number of anilines is 1. The molecule has 0 radical (unpaired) electrons. The van der Waals surface area contributed by atoms with E-state index in [1.165, 1.54) is 22.8 Å². The first-order valence-electron chi connectivity index (χ1n) is 9.77. The average Bonchev–Trinajstić information content (AvgIpc) is 2.82. The van der Waals surface area contributed by atoms with Crippen molar-refractivity contribution in [1.82, 2.24) is 9.55 Å². The number of carbonyl (C=O) groups is 1. The van der Waals surface area contributed by atoms with Gasteiger partial charge in [0.25, 0.3) is 11.2 Å². The van der Waals surface area contributed by atoms with Gasteiger partial charge in [-0.3, -0.25) is 24.3 Å². The normalized spacial score (nSPS) is 11.8. The summed E-state index contributed by atoms with van der Waals surface area (Å²) in [6, 6.07) is 20.1. The van der Waals surface area contributed by atoms with Gasteiger partial charge in [0.2, 0.25) is 5.91 Å². The van der Waals surface area contributed by atoms with Gasteiger partial charge in [-0.2, -0.15) is 0 Å². The van der Waals surface area contributed by atoms with Crippen LogP contribution < -0.4 is 10.9 Å². The topological polar surface area (TPSA) is 107 Å². The van der Waals surface area contributed by atoms with Crippen LogP contribution in [0, 0.1) is 10.1 Å². The summed E-state index contributed by atoms with van der Waals surface area (Å²) in [4.78, 5) is 41.2. The number of aromatic nitrogens is 2. The van der Waals surface area contributed by atoms with Gasteiger partial charge in [-0.15, -0.1) is 0 Å². The maximum Gasteiger partial charge on any atom is 0.289 e. The molecule has 0 saturated heterocycles. The molecule has 4 rings (SSSR count). The molecule has 10 heteroatoms. The minimum absolute atomic E-state index is 0.0256. The number of nitro groups is 1. The number of amides is 1. The molecule has 1 atom stereocenters. The summed E-state index contributed by atoms with van der Waals surface area (Å²) in [5.74, 6) is -0.426. The van der Waals surface area contributed by atoms with E-state index in [4.69, 9.17) is 11.6 Å². The number of benzene rings is 3. The van der Waals surface area contributed by atoms with Crippen molar-refractivity contribution in [3.63, 3.8) is 0 Å². The van der Waals surface area contributed by atoms with Gasteiger partial charge in [0.1, 0.15) is 10.3 Å². The predicted molar refractivity (Wildman–Crippen MR) is 129 cm³/mol. The van der Waals surface area contributed by atoms with Crippen molar-refractivity contribution in [2.75, 3.05) is 5.32 Å². The van der Waals surface area contributed by atoms with Gasteiger partial charge in [0.15, 0.2) is 5.16 Å². The Kier molecular flexibility index (Phi) is 6.43. The second kappa shape index (κ2) is 9.43. The third kappa shape index (κ3) is 4.74. The fourth-order valence-corrected chi connectivity index (χ4v) is 4.50. The van der Waals surface area contributed by atoms with Crippen LogP contribution in [0.2, 0.25) is 5.02 Å². The van der Waals surface area contributed by atoms with Crippen LogP contribution in [0.25, 0.3) is 10.9 Å². The van der Waals surface area contributed by atoms with Crippen molar-refractivity contribution in [3.8, 4) is 0 Å². The van der Waals surface area contributed by atoms with E-state index in [-0.39, 0.29) is 22.0 Å². The minimum atomic E-state index is -0.778. The molecule has 1 heterocycles. The molecular weight excluding hydrogens is 464 g/mol. The zero-order valence-electron chi connectivity index (χ0n) is 17.3. The van der Waals surface area contributed by atoms with Crippen LogP contribution in [0.15, 0.2) is 82.7 Å². The van der Waals surface area contributed by atoms with Gasteiger partial charge < -0.3 is 5.32 Å². The summed E-state index contributed by atoms with van der Waals surface area (Å²) in [5, 5.41) is 14.0. The van der Waals surface area contributed by atoms with Crippen LogP contribution in [0.1, 0.15) is 10.8 Å². The molecule has 0 spiro atoms. The maximum absolute atomic E-state index is 13.3. The molecule has 0 aliphatic rings. The van der Waals surface area contributed by atoms with Crippen molar-refractivity contribution < 1.29 is 9.72 Å². The second-order valence-corrected chi connectivity index (χ2v) is 8.58. The van der Waals surface area contributed by atoms with E-state index in [0.29, 0.717) is 21.6 Å². The molecule has 4 aromatic rings. The predicted octanol–water partition coefficient (Wildman–Crippen LogP) is 4.97. The Hall–Kier alpha value is -3.69. The number of rotatable bonds is 6. The lowest BCUT2D eigenvalue weighted by Crippen LogP contribution is -2.23. The average molecular weight is 481 g/mol. The Morgan fingerprint density at radius 3 is 2.55 bits per heavy atom. The van der Waals surface area contributed by atoms with Crippen molar-refractivity contribution in [2.24, 2.45) is 7.05 Å². The quantitative estimate of drug-likeness (QED) is 0.181. The van der Waals surface area contributed by atoms with Gasteiger partial charge in [-0.1, -0.05) is 65.8 Å². The van der Waals surface area contributed by atoms with Crippen molar-refractivity contribution in [2.45, 2.75) is 10.4 Å².